The van der Waals surface area contributed by atoms with Gasteiger partial charge in [-0.1, -0.05) is 18.6 Å². The Balaban J connectivity index is 1.95. The van der Waals surface area contributed by atoms with Crippen molar-refractivity contribution in [1.82, 2.24) is 0 Å². The molecule has 2 heteroatoms. The molecular formula is C14H17FO. The van der Waals surface area contributed by atoms with E-state index in [0.717, 1.165) is 12.0 Å². The Morgan fingerprint density at radius 1 is 1.38 bits per heavy atom. The molecule has 2 unspecified atom stereocenters. The predicted octanol–water partition coefficient (Wildman–Crippen LogP) is 2.88. The minimum absolute atomic E-state index is 0.106. The molecule has 1 N–H and O–H groups in total. The molecule has 86 valence electrons. The van der Waals surface area contributed by atoms with E-state index in [1.165, 1.54) is 25.3 Å². The van der Waals surface area contributed by atoms with Gasteiger partial charge in [-0.05, 0) is 48.8 Å². The smallest absolute Gasteiger partial charge is 0.123 e. The number of benzene rings is 1. The van der Waals surface area contributed by atoms with E-state index in [4.69, 9.17) is 0 Å². The summed E-state index contributed by atoms with van der Waals surface area (Å²) in [5, 5.41) is 9.35. The van der Waals surface area contributed by atoms with E-state index in [9.17, 15) is 9.50 Å². The summed E-state index contributed by atoms with van der Waals surface area (Å²) in [7, 11) is 0. The Morgan fingerprint density at radius 2 is 2.19 bits per heavy atom. The molecule has 0 aromatic heterocycles. The van der Waals surface area contributed by atoms with Crippen molar-refractivity contribution < 1.29 is 9.50 Å². The maximum atomic E-state index is 13.3. The average molecular weight is 220 g/mol. The lowest BCUT2D eigenvalue weighted by molar-refractivity contribution is 0.197. The molecule has 2 atom stereocenters. The van der Waals surface area contributed by atoms with Crippen LogP contribution in [0.3, 0.4) is 0 Å². The van der Waals surface area contributed by atoms with Crippen molar-refractivity contribution in [3.8, 4) is 0 Å². The number of hydrogen-bond donors (Lipinski definition) is 1. The third kappa shape index (κ3) is 1.32. The van der Waals surface area contributed by atoms with Crippen molar-refractivity contribution in [3.05, 3.63) is 35.6 Å². The van der Waals surface area contributed by atoms with Gasteiger partial charge in [-0.15, -0.1) is 0 Å². The molecule has 0 aliphatic heterocycles. The summed E-state index contributed by atoms with van der Waals surface area (Å²) in [4.78, 5) is 0. The maximum Gasteiger partial charge on any atom is 0.123 e. The quantitative estimate of drug-likeness (QED) is 0.830. The Bertz CT molecular complexity index is 399. The second-order valence-corrected chi connectivity index (χ2v) is 5.26. The van der Waals surface area contributed by atoms with E-state index in [2.05, 4.69) is 0 Å². The number of halogens is 1. The van der Waals surface area contributed by atoms with E-state index < -0.39 is 0 Å². The van der Waals surface area contributed by atoms with Crippen LogP contribution in [0.25, 0.3) is 0 Å². The van der Waals surface area contributed by atoms with Gasteiger partial charge in [0.05, 0.1) is 0 Å². The molecule has 0 spiro atoms. The molecule has 2 aliphatic rings. The second-order valence-electron chi connectivity index (χ2n) is 5.26. The summed E-state index contributed by atoms with van der Waals surface area (Å²) in [5.74, 6) is 0.880. The van der Waals surface area contributed by atoms with E-state index in [1.807, 2.05) is 6.07 Å². The van der Waals surface area contributed by atoms with Gasteiger partial charge in [-0.3, -0.25) is 0 Å². The van der Waals surface area contributed by atoms with Crippen LogP contribution >= 0.6 is 0 Å². The predicted molar refractivity (Wildman–Crippen MR) is 60.6 cm³/mol. The molecule has 0 bridgehead atoms. The van der Waals surface area contributed by atoms with Gasteiger partial charge in [0.1, 0.15) is 5.82 Å². The number of rotatable bonds is 3. The monoisotopic (exact) mass is 220 g/mol. The fraction of sp³-hybridized carbons (Fsp3) is 0.571. The third-order valence-electron chi connectivity index (χ3n) is 4.57. The summed E-state index contributed by atoms with van der Waals surface area (Å²) >= 11 is 0. The fourth-order valence-corrected chi connectivity index (χ4v) is 3.37. The van der Waals surface area contributed by atoms with Crippen molar-refractivity contribution in [2.45, 2.75) is 31.1 Å². The van der Waals surface area contributed by atoms with Crippen molar-refractivity contribution in [2.75, 3.05) is 6.61 Å². The zero-order chi connectivity index (χ0) is 11.2. The highest BCUT2D eigenvalue weighted by atomic mass is 19.1. The average Bonchev–Trinajstić information content (AvgIpc) is 2.91. The first-order valence-electron chi connectivity index (χ1n) is 6.14. The fourth-order valence-electron chi connectivity index (χ4n) is 3.37. The molecule has 3 rings (SSSR count). The molecular weight excluding hydrogens is 203 g/mol. The van der Waals surface area contributed by atoms with Crippen LogP contribution in [0.15, 0.2) is 24.3 Å². The molecule has 1 aromatic carbocycles. The van der Waals surface area contributed by atoms with Gasteiger partial charge in [-0.2, -0.15) is 0 Å². The standard InChI is InChI=1S/C14H17FO/c15-13-6-2-5-11(7-13)14(8-12(14)9-16)10-3-1-4-10/h2,5-7,10,12,16H,1,3-4,8-9H2. The van der Waals surface area contributed by atoms with E-state index in [-0.39, 0.29) is 17.8 Å². The highest BCUT2D eigenvalue weighted by molar-refractivity contribution is 5.36. The molecule has 2 saturated carbocycles. The second kappa shape index (κ2) is 3.56. The molecule has 0 heterocycles. The van der Waals surface area contributed by atoms with Crippen LogP contribution in [0.2, 0.25) is 0 Å². The van der Waals surface area contributed by atoms with E-state index >= 15 is 0 Å². The summed E-state index contributed by atoms with van der Waals surface area (Å²) in [6.45, 7) is 0.243. The first-order chi connectivity index (χ1) is 7.77. The maximum absolute atomic E-state index is 13.3. The largest absolute Gasteiger partial charge is 0.396 e. The third-order valence-corrected chi connectivity index (χ3v) is 4.57. The Labute approximate surface area is 95.3 Å². The molecule has 0 saturated heterocycles. The SMILES string of the molecule is OCC1CC1(c1cccc(F)c1)C1CCC1. The van der Waals surface area contributed by atoms with Gasteiger partial charge in [0, 0.05) is 12.0 Å². The van der Waals surface area contributed by atoms with Gasteiger partial charge in [0.15, 0.2) is 0 Å². The van der Waals surface area contributed by atoms with Crippen LogP contribution in [-0.2, 0) is 5.41 Å². The Hall–Kier alpha value is -0.890. The van der Waals surface area contributed by atoms with Crippen LogP contribution in [0.4, 0.5) is 4.39 Å². The molecule has 2 fully saturated rings. The molecule has 2 aliphatic carbocycles. The van der Waals surface area contributed by atoms with Crippen LogP contribution in [0.5, 0.6) is 0 Å². The lowest BCUT2D eigenvalue weighted by atomic mass is 9.69. The Morgan fingerprint density at radius 3 is 2.69 bits per heavy atom. The lowest BCUT2D eigenvalue weighted by Gasteiger charge is -2.35. The van der Waals surface area contributed by atoms with Crippen LogP contribution in [0, 0.1) is 17.7 Å². The highest BCUT2D eigenvalue weighted by Gasteiger charge is 2.60. The number of aliphatic hydroxyl groups excluding tert-OH is 1. The summed E-state index contributed by atoms with van der Waals surface area (Å²) in [5.41, 5.74) is 1.21. The highest BCUT2D eigenvalue weighted by Crippen LogP contribution is 2.63. The van der Waals surface area contributed by atoms with Gasteiger partial charge in [0.2, 0.25) is 0 Å². The Kier molecular flexibility index (Phi) is 2.28. The zero-order valence-corrected chi connectivity index (χ0v) is 9.32. The van der Waals surface area contributed by atoms with Crippen LogP contribution in [0.1, 0.15) is 31.2 Å². The van der Waals surface area contributed by atoms with Crippen LogP contribution in [-0.4, -0.2) is 11.7 Å². The van der Waals surface area contributed by atoms with Crippen molar-refractivity contribution >= 4 is 0 Å². The van der Waals surface area contributed by atoms with Crippen molar-refractivity contribution in [2.24, 2.45) is 11.8 Å². The zero-order valence-electron chi connectivity index (χ0n) is 9.32. The van der Waals surface area contributed by atoms with Gasteiger partial charge in [-0.25, -0.2) is 4.39 Å². The molecule has 1 nitrogen and oxygen atoms in total. The first-order valence-corrected chi connectivity index (χ1v) is 6.14. The number of hydrogen-bond acceptors (Lipinski definition) is 1. The van der Waals surface area contributed by atoms with Gasteiger partial charge < -0.3 is 5.11 Å². The molecule has 1 aromatic rings. The number of aliphatic hydroxyl groups is 1. The summed E-state index contributed by atoms with van der Waals surface area (Å²) < 4.78 is 13.3. The summed E-state index contributed by atoms with van der Waals surface area (Å²) in [6, 6.07) is 6.97. The van der Waals surface area contributed by atoms with Crippen LogP contribution < -0.4 is 0 Å². The normalized spacial score (nSPS) is 33.5. The molecule has 0 radical (unpaired) electrons. The van der Waals surface area contributed by atoms with Gasteiger partial charge in [0.25, 0.3) is 0 Å². The van der Waals surface area contributed by atoms with Crippen molar-refractivity contribution in [3.63, 3.8) is 0 Å². The summed E-state index contributed by atoms with van der Waals surface area (Å²) in [6.07, 6.45) is 4.82. The lowest BCUT2D eigenvalue weighted by Crippen LogP contribution is -2.29. The molecule has 0 amide bonds. The first kappa shape index (κ1) is 10.3. The minimum Gasteiger partial charge on any atom is -0.396 e. The van der Waals surface area contributed by atoms with E-state index in [1.54, 1.807) is 12.1 Å². The van der Waals surface area contributed by atoms with Gasteiger partial charge >= 0.3 is 0 Å². The van der Waals surface area contributed by atoms with Crippen molar-refractivity contribution in [1.29, 1.82) is 0 Å². The topological polar surface area (TPSA) is 20.2 Å². The minimum atomic E-state index is -0.153. The molecule has 16 heavy (non-hydrogen) atoms. The van der Waals surface area contributed by atoms with E-state index in [0.29, 0.717) is 11.8 Å².